The van der Waals surface area contributed by atoms with Crippen LogP contribution >= 0.6 is 0 Å². The lowest BCUT2D eigenvalue weighted by atomic mass is 10.0. The van der Waals surface area contributed by atoms with E-state index in [1.807, 2.05) is 30.3 Å². The van der Waals surface area contributed by atoms with E-state index in [9.17, 15) is 14.4 Å². The molecular weight excluding hydrogens is 324 g/mol. The van der Waals surface area contributed by atoms with Crippen LogP contribution in [-0.2, 0) is 16.1 Å². The van der Waals surface area contributed by atoms with E-state index in [2.05, 4.69) is 20.7 Å². The summed E-state index contributed by atoms with van der Waals surface area (Å²) in [5, 5.41) is 9.13. The summed E-state index contributed by atoms with van der Waals surface area (Å²) in [5.74, 6) is -0.721. The summed E-state index contributed by atoms with van der Waals surface area (Å²) in [5.41, 5.74) is 0.956. The Labute approximate surface area is 144 Å². The van der Waals surface area contributed by atoms with Gasteiger partial charge in [-0.3, -0.25) is 19.6 Å². The SMILES string of the molecule is O=C1CN(CC(=O)N[C@H](CCn2cncn2)c2ccccc2)C(=O)N1. The average molecular weight is 342 g/mol. The van der Waals surface area contributed by atoms with Crippen LogP contribution in [0.5, 0.6) is 0 Å². The smallest absolute Gasteiger partial charge is 0.325 e. The number of nitrogens with zero attached hydrogens (tertiary/aromatic N) is 4. The Morgan fingerprint density at radius 1 is 1.28 bits per heavy atom. The largest absolute Gasteiger partial charge is 0.348 e. The molecule has 1 aliphatic heterocycles. The van der Waals surface area contributed by atoms with Gasteiger partial charge in [-0.1, -0.05) is 30.3 Å². The first kappa shape index (κ1) is 16.6. The van der Waals surface area contributed by atoms with Crippen molar-refractivity contribution in [1.29, 1.82) is 0 Å². The molecular formula is C16H18N6O3. The fourth-order valence-corrected chi connectivity index (χ4v) is 2.64. The maximum Gasteiger partial charge on any atom is 0.325 e. The molecule has 3 rings (SSSR count). The molecule has 0 bridgehead atoms. The Hall–Kier alpha value is -3.23. The van der Waals surface area contributed by atoms with E-state index in [1.54, 1.807) is 11.0 Å². The number of aryl methyl sites for hydroxylation is 1. The molecule has 1 aromatic carbocycles. The molecule has 0 radical (unpaired) electrons. The lowest BCUT2D eigenvalue weighted by molar-refractivity contribution is -0.122. The Morgan fingerprint density at radius 2 is 2.08 bits per heavy atom. The average Bonchev–Trinajstić information content (AvgIpc) is 3.22. The first-order chi connectivity index (χ1) is 12.1. The summed E-state index contributed by atoms with van der Waals surface area (Å²) >= 11 is 0. The van der Waals surface area contributed by atoms with Gasteiger partial charge in [0, 0.05) is 6.54 Å². The summed E-state index contributed by atoms with van der Waals surface area (Å²) in [4.78, 5) is 40.1. The molecule has 1 aliphatic rings. The molecule has 9 nitrogen and oxygen atoms in total. The molecule has 2 aromatic rings. The van der Waals surface area contributed by atoms with E-state index in [0.717, 1.165) is 5.56 Å². The van der Waals surface area contributed by atoms with Crippen molar-refractivity contribution in [2.24, 2.45) is 0 Å². The van der Waals surface area contributed by atoms with Crippen LogP contribution in [0.1, 0.15) is 18.0 Å². The van der Waals surface area contributed by atoms with E-state index in [4.69, 9.17) is 0 Å². The van der Waals surface area contributed by atoms with Gasteiger partial charge in [0.05, 0.1) is 6.04 Å². The van der Waals surface area contributed by atoms with Crippen molar-refractivity contribution in [2.75, 3.05) is 13.1 Å². The first-order valence-corrected chi connectivity index (χ1v) is 7.87. The predicted octanol–water partition coefficient (Wildman–Crippen LogP) is 0.0775. The molecule has 130 valence electrons. The van der Waals surface area contributed by atoms with E-state index in [-0.39, 0.29) is 25.0 Å². The molecule has 1 atom stereocenters. The molecule has 2 N–H and O–H groups in total. The number of carbonyl (C=O) groups excluding carboxylic acids is 3. The maximum absolute atomic E-state index is 12.3. The van der Waals surface area contributed by atoms with E-state index in [1.165, 1.54) is 11.2 Å². The van der Waals surface area contributed by atoms with Gasteiger partial charge in [-0.2, -0.15) is 5.10 Å². The van der Waals surface area contributed by atoms with Crippen LogP contribution in [-0.4, -0.2) is 50.6 Å². The minimum atomic E-state index is -0.543. The van der Waals surface area contributed by atoms with Gasteiger partial charge in [0.2, 0.25) is 11.8 Å². The van der Waals surface area contributed by atoms with Crippen LogP contribution in [0.3, 0.4) is 0 Å². The molecule has 25 heavy (non-hydrogen) atoms. The van der Waals surface area contributed by atoms with Crippen molar-refractivity contribution in [3.05, 3.63) is 48.5 Å². The highest BCUT2D eigenvalue weighted by Crippen LogP contribution is 2.17. The number of amides is 4. The number of hydrogen-bond acceptors (Lipinski definition) is 5. The number of nitrogens with one attached hydrogen (secondary N) is 2. The zero-order valence-corrected chi connectivity index (χ0v) is 13.5. The second-order valence-electron chi connectivity index (χ2n) is 5.69. The molecule has 2 heterocycles. The number of rotatable bonds is 7. The van der Waals surface area contributed by atoms with Gasteiger partial charge in [0.1, 0.15) is 25.7 Å². The molecule has 4 amide bonds. The highest BCUT2D eigenvalue weighted by atomic mass is 16.2. The normalized spacial score (nSPS) is 15.1. The van der Waals surface area contributed by atoms with E-state index < -0.39 is 11.9 Å². The standard InChI is InChI=1S/C16H18N6O3/c23-14(8-21-9-15(24)20-16(21)25)19-13(12-4-2-1-3-5-12)6-7-22-11-17-10-18-22/h1-5,10-11,13H,6-9H2,(H,19,23)(H,20,24,25)/t13-/m1/s1. The summed E-state index contributed by atoms with van der Waals surface area (Å²) in [6.45, 7) is 0.327. The van der Waals surface area contributed by atoms with Crippen molar-refractivity contribution in [3.63, 3.8) is 0 Å². The molecule has 0 spiro atoms. The Bertz CT molecular complexity index is 746. The van der Waals surface area contributed by atoms with Crippen molar-refractivity contribution in [1.82, 2.24) is 30.3 Å². The highest BCUT2D eigenvalue weighted by Gasteiger charge is 2.28. The number of imide groups is 1. The molecule has 0 aliphatic carbocycles. The third-order valence-electron chi connectivity index (χ3n) is 3.85. The number of urea groups is 1. The summed E-state index contributed by atoms with van der Waals surface area (Å²) in [6.07, 6.45) is 3.69. The lowest BCUT2D eigenvalue weighted by Crippen LogP contribution is -2.40. The van der Waals surface area contributed by atoms with Gasteiger partial charge < -0.3 is 10.2 Å². The molecule has 1 saturated heterocycles. The van der Waals surface area contributed by atoms with Crippen molar-refractivity contribution < 1.29 is 14.4 Å². The van der Waals surface area contributed by atoms with E-state index in [0.29, 0.717) is 13.0 Å². The van der Waals surface area contributed by atoms with Crippen LogP contribution in [0, 0.1) is 0 Å². The van der Waals surface area contributed by atoms with Gasteiger partial charge in [-0.25, -0.2) is 9.78 Å². The van der Waals surface area contributed by atoms with Gasteiger partial charge in [-0.05, 0) is 12.0 Å². The molecule has 1 fully saturated rings. The zero-order valence-electron chi connectivity index (χ0n) is 13.5. The van der Waals surface area contributed by atoms with Crippen LogP contribution in [0.25, 0.3) is 0 Å². The van der Waals surface area contributed by atoms with Crippen LogP contribution in [0.2, 0.25) is 0 Å². The van der Waals surface area contributed by atoms with Gasteiger partial charge in [0.15, 0.2) is 0 Å². The molecule has 0 saturated carbocycles. The number of aromatic nitrogens is 3. The Morgan fingerprint density at radius 3 is 2.72 bits per heavy atom. The van der Waals surface area contributed by atoms with Crippen molar-refractivity contribution in [2.45, 2.75) is 19.0 Å². The van der Waals surface area contributed by atoms with Crippen LogP contribution in [0.4, 0.5) is 4.79 Å². The van der Waals surface area contributed by atoms with Crippen molar-refractivity contribution >= 4 is 17.8 Å². The Kier molecular flexibility index (Phi) is 5.03. The van der Waals surface area contributed by atoms with E-state index >= 15 is 0 Å². The zero-order chi connectivity index (χ0) is 17.6. The summed E-state index contributed by atoms with van der Waals surface area (Å²) in [7, 11) is 0. The fourth-order valence-electron chi connectivity index (χ4n) is 2.64. The van der Waals surface area contributed by atoms with Gasteiger partial charge in [0.25, 0.3) is 0 Å². The minimum absolute atomic E-state index is 0.0960. The quantitative estimate of drug-likeness (QED) is 0.693. The monoisotopic (exact) mass is 342 g/mol. The Balaban J connectivity index is 1.63. The first-order valence-electron chi connectivity index (χ1n) is 7.87. The maximum atomic E-state index is 12.3. The third kappa shape index (κ3) is 4.40. The minimum Gasteiger partial charge on any atom is -0.348 e. The highest BCUT2D eigenvalue weighted by molar-refractivity contribution is 6.03. The van der Waals surface area contributed by atoms with Gasteiger partial charge in [-0.15, -0.1) is 0 Å². The summed E-state index contributed by atoms with van der Waals surface area (Å²) < 4.78 is 1.69. The second kappa shape index (κ2) is 7.56. The van der Waals surface area contributed by atoms with Crippen LogP contribution in [0.15, 0.2) is 43.0 Å². The van der Waals surface area contributed by atoms with Crippen LogP contribution < -0.4 is 10.6 Å². The molecule has 9 heteroatoms. The van der Waals surface area contributed by atoms with Gasteiger partial charge >= 0.3 is 6.03 Å². The van der Waals surface area contributed by atoms with Crippen molar-refractivity contribution in [3.8, 4) is 0 Å². The molecule has 0 unspecified atom stereocenters. The topological polar surface area (TPSA) is 109 Å². The summed E-state index contributed by atoms with van der Waals surface area (Å²) in [6, 6.07) is 8.78. The second-order valence-corrected chi connectivity index (χ2v) is 5.69. The number of hydrogen-bond donors (Lipinski definition) is 2. The fraction of sp³-hybridized carbons (Fsp3) is 0.312. The number of carbonyl (C=O) groups is 3. The lowest BCUT2D eigenvalue weighted by Gasteiger charge is -2.21. The molecule has 1 aromatic heterocycles. The predicted molar refractivity (Wildman–Crippen MR) is 87.1 cm³/mol. The number of benzene rings is 1. The third-order valence-corrected chi connectivity index (χ3v) is 3.85.